The van der Waals surface area contributed by atoms with E-state index in [2.05, 4.69) is 22.5 Å². The number of nitrogens with one attached hydrogen (secondary N) is 2. The van der Waals surface area contributed by atoms with Gasteiger partial charge in [-0.25, -0.2) is 0 Å². The van der Waals surface area contributed by atoms with Gasteiger partial charge in [-0.2, -0.15) is 0 Å². The Kier molecular flexibility index (Phi) is 5.01. The van der Waals surface area contributed by atoms with E-state index in [9.17, 15) is 4.79 Å². The van der Waals surface area contributed by atoms with Gasteiger partial charge in [0.1, 0.15) is 0 Å². The molecule has 1 heterocycles. The number of nitrogens with zero attached hydrogens (tertiary/aromatic N) is 1. The molecule has 0 aliphatic carbocycles. The maximum Gasteiger partial charge on any atom is 0.253 e. The van der Waals surface area contributed by atoms with Crippen LogP contribution in [0.1, 0.15) is 35.7 Å². The Hall–Kier alpha value is -1.55. The first-order chi connectivity index (χ1) is 9.61. The number of hydrogen-bond donors (Lipinski definition) is 2. The van der Waals surface area contributed by atoms with Gasteiger partial charge in [0.25, 0.3) is 5.91 Å². The molecule has 1 unspecified atom stereocenters. The lowest BCUT2D eigenvalue weighted by Gasteiger charge is -2.24. The first-order valence-electron chi connectivity index (χ1n) is 7.42. The van der Waals surface area contributed by atoms with Crippen LogP contribution in [0.3, 0.4) is 0 Å². The highest BCUT2D eigenvalue weighted by Gasteiger charge is 2.19. The Morgan fingerprint density at radius 1 is 1.35 bits per heavy atom. The maximum absolute atomic E-state index is 12.3. The van der Waals surface area contributed by atoms with Crippen LogP contribution in [-0.2, 0) is 0 Å². The van der Waals surface area contributed by atoms with Gasteiger partial charge in [-0.1, -0.05) is 6.07 Å². The molecular weight excluding hydrogens is 250 g/mol. The minimum absolute atomic E-state index is 0.000368. The second-order valence-electron chi connectivity index (χ2n) is 5.60. The van der Waals surface area contributed by atoms with Crippen molar-refractivity contribution in [3.05, 3.63) is 29.3 Å². The summed E-state index contributed by atoms with van der Waals surface area (Å²) in [6.07, 6.45) is 2.56. The van der Waals surface area contributed by atoms with Crippen LogP contribution in [0, 0.1) is 6.92 Å². The largest absolute Gasteiger partial charge is 0.387 e. The van der Waals surface area contributed by atoms with E-state index >= 15 is 0 Å². The molecule has 4 heteroatoms. The standard InChI is InChI=1S/C16H25N3O/c1-12-6-7-14(15(10-12)17-3)16(20)18-11-13(2)19-8-4-5-9-19/h6-7,10,13,17H,4-5,8-9,11H2,1-3H3,(H,18,20). The summed E-state index contributed by atoms with van der Waals surface area (Å²) in [6, 6.07) is 6.26. The molecule has 1 fully saturated rings. The fourth-order valence-electron chi connectivity index (χ4n) is 2.71. The van der Waals surface area contributed by atoms with Gasteiger partial charge in [0, 0.05) is 25.3 Å². The fraction of sp³-hybridized carbons (Fsp3) is 0.562. The van der Waals surface area contributed by atoms with Gasteiger partial charge in [0.15, 0.2) is 0 Å². The number of anilines is 1. The van der Waals surface area contributed by atoms with E-state index in [4.69, 9.17) is 0 Å². The van der Waals surface area contributed by atoms with E-state index in [-0.39, 0.29) is 5.91 Å². The minimum Gasteiger partial charge on any atom is -0.387 e. The number of carbonyl (C=O) groups is 1. The van der Waals surface area contributed by atoms with Crippen molar-refractivity contribution in [1.29, 1.82) is 0 Å². The molecule has 1 amide bonds. The lowest BCUT2D eigenvalue weighted by molar-refractivity contribution is 0.0941. The molecule has 1 atom stereocenters. The normalized spacial score (nSPS) is 16.9. The van der Waals surface area contributed by atoms with Crippen molar-refractivity contribution in [2.24, 2.45) is 0 Å². The van der Waals surface area contributed by atoms with Gasteiger partial charge in [-0.05, 0) is 57.5 Å². The molecule has 1 aromatic rings. The van der Waals surface area contributed by atoms with Gasteiger partial charge in [0.2, 0.25) is 0 Å². The van der Waals surface area contributed by atoms with Crippen LogP contribution >= 0.6 is 0 Å². The monoisotopic (exact) mass is 275 g/mol. The molecule has 0 saturated carbocycles. The predicted molar refractivity (Wildman–Crippen MR) is 83.3 cm³/mol. The topological polar surface area (TPSA) is 44.4 Å². The third kappa shape index (κ3) is 3.51. The SMILES string of the molecule is CNc1cc(C)ccc1C(=O)NCC(C)N1CCCC1. The minimum atomic E-state index is 0.000368. The van der Waals surface area contributed by atoms with E-state index in [1.807, 2.05) is 32.2 Å². The zero-order valence-electron chi connectivity index (χ0n) is 12.7. The highest BCUT2D eigenvalue weighted by molar-refractivity contribution is 5.99. The molecule has 110 valence electrons. The van der Waals surface area contributed by atoms with Crippen LogP contribution in [0.2, 0.25) is 0 Å². The molecule has 1 saturated heterocycles. The Morgan fingerprint density at radius 2 is 2.05 bits per heavy atom. The molecule has 1 aromatic carbocycles. The van der Waals surface area contributed by atoms with Crippen molar-refractivity contribution < 1.29 is 4.79 Å². The summed E-state index contributed by atoms with van der Waals surface area (Å²) in [5.41, 5.74) is 2.75. The first-order valence-corrected chi connectivity index (χ1v) is 7.42. The smallest absolute Gasteiger partial charge is 0.253 e. The number of amides is 1. The van der Waals surface area contributed by atoms with E-state index in [1.165, 1.54) is 12.8 Å². The maximum atomic E-state index is 12.3. The van der Waals surface area contributed by atoms with Crippen LogP contribution in [0.5, 0.6) is 0 Å². The van der Waals surface area contributed by atoms with Crippen molar-refractivity contribution in [2.45, 2.75) is 32.7 Å². The lowest BCUT2D eigenvalue weighted by atomic mass is 10.1. The average molecular weight is 275 g/mol. The molecule has 0 spiro atoms. The predicted octanol–water partition coefficient (Wildman–Crippen LogP) is 2.25. The molecule has 0 radical (unpaired) electrons. The molecule has 1 aliphatic rings. The molecule has 1 aliphatic heterocycles. The third-order valence-electron chi connectivity index (χ3n) is 4.01. The second-order valence-corrected chi connectivity index (χ2v) is 5.60. The van der Waals surface area contributed by atoms with Gasteiger partial charge in [0.05, 0.1) is 5.56 Å². The second kappa shape index (κ2) is 6.75. The summed E-state index contributed by atoms with van der Waals surface area (Å²) in [7, 11) is 1.85. The highest BCUT2D eigenvalue weighted by atomic mass is 16.1. The first kappa shape index (κ1) is 14.9. The number of aryl methyl sites for hydroxylation is 1. The highest BCUT2D eigenvalue weighted by Crippen LogP contribution is 2.17. The molecule has 0 aromatic heterocycles. The third-order valence-corrected chi connectivity index (χ3v) is 4.01. The summed E-state index contributed by atoms with van der Waals surface area (Å²) in [5, 5.41) is 6.14. The molecule has 20 heavy (non-hydrogen) atoms. The van der Waals surface area contributed by atoms with E-state index < -0.39 is 0 Å². The van der Waals surface area contributed by atoms with Crippen LogP contribution < -0.4 is 10.6 Å². The van der Waals surface area contributed by atoms with Gasteiger partial charge >= 0.3 is 0 Å². The Labute approximate surface area is 121 Å². The van der Waals surface area contributed by atoms with Crippen molar-refractivity contribution in [3.8, 4) is 0 Å². The van der Waals surface area contributed by atoms with Crippen molar-refractivity contribution in [3.63, 3.8) is 0 Å². The van der Waals surface area contributed by atoms with Crippen molar-refractivity contribution >= 4 is 11.6 Å². The number of rotatable bonds is 5. The Bertz CT molecular complexity index is 467. The molecule has 0 bridgehead atoms. The Morgan fingerprint density at radius 3 is 2.70 bits per heavy atom. The van der Waals surface area contributed by atoms with Crippen LogP contribution in [0.4, 0.5) is 5.69 Å². The molecule has 4 nitrogen and oxygen atoms in total. The number of hydrogen-bond acceptors (Lipinski definition) is 3. The molecular formula is C16H25N3O. The van der Waals surface area contributed by atoms with Crippen molar-refractivity contribution in [1.82, 2.24) is 10.2 Å². The van der Waals surface area contributed by atoms with E-state index in [0.29, 0.717) is 18.2 Å². The molecule has 2 N–H and O–H groups in total. The number of likely N-dealkylation sites (tertiary alicyclic amines) is 1. The van der Waals surface area contributed by atoms with Gasteiger partial charge in [-0.15, -0.1) is 0 Å². The number of carbonyl (C=O) groups excluding carboxylic acids is 1. The summed E-state index contributed by atoms with van der Waals surface area (Å²) >= 11 is 0. The zero-order chi connectivity index (χ0) is 14.5. The quantitative estimate of drug-likeness (QED) is 0.866. The van der Waals surface area contributed by atoms with Crippen molar-refractivity contribution in [2.75, 3.05) is 32.0 Å². The van der Waals surface area contributed by atoms with Gasteiger partial charge in [-0.3, -0.25) is 9.69 Å². The van der Waals surface area contributed by atoms with Crippen LogP contribution in [-0.4, -0.2) is 43.5 Å². The van der Waals surface area contributed by atoms with Crippen LogP contribution in [0.25, 0.3) is 0 Å². The average Bonchev–Trinajstić information content (AvgIpc) is 2.98. The van der Waals surface area contributed by atoms with Crippen LogP contribution in [0.15, 0.2) is 18.2 Å². The fourth-order valence-corrected chi connectivity index (χ4v) is 2.71. The number of benzene rings is 1. The zero-order valence-corrected chi connectivity index (χ0v) is 12.7. The summed E-state index contributed by atoms with van der Waals surface area (Å²) in [4.78, 5) is 14.7. The Balaban J connectivity index is 1.94. The summed E-state index contributed by atoms with van der Waals surface area (Å²) in [6.45, 7) is 7.22. The summed E-state index contributed by atoms with van der Waals surface area (Å²) in [5.74, 6) is 0.000368. The lowest BCUT2D eigenvalue weighted by Crippen LogP contribution is -2.40. The van der Waals surface area contributed by atoms with E-state index in [1.54, 1.807) is 0 Å². The van der Waals surface area contributed by atoms with E-state index in [0.717, 1.165) is 24.3 Å². The molecule has 2 rings (SSSR count). The van der Waals surface area contributed by atoms with Gasteiger partial charge < -0.3 is 10.6 Å². The summed E-state index contributed by atoms with van der Waals surface area (Å²) < 4.78 is 0.